The summed E-state index contributed by atoms with van der Waals surface area (Å²) in [6.07, 6.45) is 3.37. The van der Waals surface area contributed by atoms with Gasteiger partial charge in [-0.2, -0.15) is 0 Å². The molecule has 7 heteroatoms. The smallest absolute Gasteiger partial charge is 0.178 e. The van der Waals surface area contributed by atoms with Crippen LogP contribution in [0.5, 0.6) is 0 Å². The highest BCUT2D eigenvalue weighted by Gasteiger charge is 2.20. The first-order valence-electron chi connectivity index (χ1n) is 7.63. The van der Waals surface area contributed by atoms with Crippen LogP contribution in [0.25, 0.3) is 22.4 Å². The zero-order valence-corrected chi connectivity index (χ0v) is 12.9. The number of aromatic amines is 1. The summed E-state index contributed by atoms with van der Waals surface area (Å²) < 4.78 is 5.52. The van der Waals surface area contributed by atoms with Crippen LogP contribution in [0.4, 0.5) is 11.5 Å². The monoisotopic (exact) mass is 310 g/mol. The molecule has 0 aliphatic carbocycles. The number of aromatic nitrogens is 4. The second-order valence-corrected chi connectivity index (χ2v) is 5.71. The van der Waals surface area contributed by atoms with Crippen LogP contribution in [0.15, 0.2) is 30.7 Å². The first-order valence-corrected chi connectivity index (χ1v) is 7.63. The molecule has 3 aromatic heterocycles. The van der Waals surface area contributed by atoms with Crippen molar-refractivity contribution in [1.82, 2.24) is 19.9 Å². The summed E-state index contributed by atoms with van der Waals surface area (Å²) in [6.45, 7) is 4.44. The van der Waals surface area contributed by atoms with Crippen molar-refractivity contribution in [1.29, 1.82) is 0 Å². The van der Waals surface area contributed by atoms with Gasteiger partial charge in [-0.25, -0.2) is 15.0 Å². The molecule has 23 heavy (non-hydrogen) atoms. The number of hydrogen-bond donors (Lipinski definition) is 2. The van der Waals surface area contributed by atoms with Gasteiger partial charge < -0.3 is 20.4 Å². The summed E-state index contributed by atoms with van der Waals surface area (Å²) in [4.78, 5) is 18.4. The molecular weight excluding hydrogens is 292 g/mol. The van der Waals surface area contributed by atoms with Crippen LogP contribution < -0.4 is 10.6 Å². The molecule has 0 spiro atoms. The predicted octanol–water partition coefficient (Wildman–Crippen LogP) is 1.83. The summed E-state index contributed by atoms with van der Waals surface area (Å²) in [7, 11) is 0. The highest BCUT2D eigenvalue weighted by atomic mass is 16.5. The predicted molar refractivity (Wildman–Crippen MR) is 89.2 cm³/mol. The van der Waals surface area contributed by atoms with Crippen molar-refractivity contribution >= 4 is 22.7 Å². The largest absolute Gasteiger partial charge is 0.384 e. The second-order valence-electron chi connectivity index (χ2n) is 5.71. The van der Waals surface area contributed by atoms with E-state index in [9.17, 15) is 0 Å². The van der Waals surface area contributed by atoms with Crippen molar-refractivity contribution in [3.8, 4) is 11.3 Å². The number of nitrogens with one attached hydrogen (secondary N) is 1. The number of nitrogens with two attached hydrogens (primary N) is 1. The van der Waals surface area contributed by atoms with E-state index in [0.717, 1.165) is 42.2 Å². The average Bonchev–Trinajstić information content (AvgIpc) is 3.03. The maximum Gasteiger partial charge on any atom is 0.178 e. The third-order valence-corrected chi connectivity index (χ3v) is 4.13. The lowest BCUT2D eigenvalue weighted by molar-refractivity contribution is 0.0989. The number of imidazole rings is 1. The molecule has 0 bridgehead atoms. The molecule has 3 N–H and O–H groups in total. The molecule has 0 aromatic carbocycles. The van der Waals surface area contributed by atoms with Gasteiger partial charge in [0.1, 0.15) is 5.82 Å². The number of anilines is 2. The molecule has 0 amide bonds. The number of ether oxygens (including phenoxy) is 1. The molecule has 1 fully saturated rings. The van der Waals surface area contributed by atoms with Crippen LogP contribution >= 0.6 is 0 Å². The molecule has 1 atom stereocenters. The van der Waals surface area contributed by atoms with Crippen molar-refractivity contribution in [2.45, 2.75) is 13.0 Å². The van der Waals surface area contributed by atoms with E-state index in [-0.39, 0.29) is 0 Å². The molecule has 118 valence electrons. The van der Waals surface area contributed by atoms with Crippen molar-refractivity contribution in [3.63, 3.8) is 0 Å². The average molecular weight is 310 g/mol. The van der Waals surface area contributed by atoms with Gasteiger partial charge >= 0.3 is 0 Å². The van der Waals surface area contributed by atoms with Gasteiger partial charge in [0.2, 0.25) is 0 Å². The number of H-pyrrole nitrogens is 1. The van der Waals surface area contributed by atoms with Gasteiger partial charge in [-0.1, -0.05) is 0 Å². The Morgan fingerprint density at radius 1 is 1.35 bits per heavy atom. The molecule has 1 saturated heterocycles. The second kappa shape index (κ2) is 5.51. The van der Waals surface area contributed by atoms with Gasteiger partial charge in [0.15, 0.2) is 5.65 Å². The van der Waals surface area contributed by atoms with Crippen LogP contribution in [0.2, 0.25) is 0 Å². The van der Waals surface area contributed by atoms with Crippen molar-refractivity contribution < 1.29 is 4.74 Å². The molecule has 4 heterocycles. The van der Waals surface area contributed by atoms with Crippen LogP contribution in [-0.2, 0) is 4.74 Å². The maximum atomic E-state index is 6.06. The van der Waals surface area contributed by atoms with Gasteiger partial charge in [-0.05, 0) is 19.1 Å². The zero-order valence-electron chi connectivity index (χ0n) is 12.9. The van der Waals surface area contributed by atoms with Crippen LogP contribution in [0.1, 0.15) is 6.92 Å². The minimum absolute atomic E-state index is 0.308. The highest BCUT2D eigenvalue weighted by Crippen LogP contribution is 2.30. The Kier molecular flexibility index (Phi) is 3.34. The fourth-order valence-electron chi connectivity index (χ4n) is 3.01. The van der Waals surface area contributed by atoms with Crippen LogP contribution in [0.3, 0.4) is 0 Å². The Balaban J connectivity index is 1.82. The third kappa shape index (κ3) is 2.49. The minimum atomic E-state index is 0.308. The van der Waals surface area contributed by atoms with Crippen molar-refractivity contribution in [2.24, 2.45) is 0 Å². The Hall–Kier alpha value is -2.67. The van der Waals surface area contributed by atoms with Gasteiger partial charge in [0.05, 0.1) is 30.8 Å². The van der Waals surface area contributed by atoms with Crippen molar-refractivity contribution in [3.05, 3.63) is 30.7 Å². The number of rotatable bonds is 2. The van der Waals surface area contributed by atoms with Gasteiger partial charge in [0, 0.05) is 36.1 Å². The van der Waals surface area contributed by atoms with E-state index in [1.54, 1.807) is 12.5 Å². The Morgan fingerprint density at radius 2 is 2.26 bits per heavy atom. The fraction of sp³-hybridized carbons (Fsp3) is 0.312. The van der Waals surface area contributed by atoms with E-state index in [0.29, 0.717) is 17.5 Å². The standard InChI is InChI=1S/C16H18N6O/c1-10-8-23-5-4-22(10)11-6-13(21-14(17)7-11)12-2-3-18-16-15(12)19-9-20-16/h2-3,6-7,9-10H,4-5,8H2,1H3,(H2,17,21)(H,18,19,20). The first-order chi connectivity index (χ1) is 11.2. The first kappa shape index (κ1) is 14.0. The lowest BCUT2D eigenvalue weighted by Gasteiger charge is -2.35. The number of nitrogen functional groups attached to an aromatic ring is 1. The van der Waals surface area contributed by atoms with Crippen LogP contribution in [0, 0.1) is 0 Å². The van der Waals surface area contributed by atoms with E-state index >= 15 is 0 Å². The van der Waals surface area contributed by atoms with E-state index < -0.39 is 0 Å². The lowest BCUT2D eigenvalue weighted by atomic mass is 10.1. The fourth-order valence-corrected chi connectivity index (χ4v) is 3.01. The summed E-state index contributed by atoms with van der Waals surface area (Å²) in [6, 6.07) is 6.21. The number of fused-ring (bicyclic) bond motifs is 1. The summed E-state index contributed by atoms with van der Waals surface area (Å²) in [5.74, 6) is 0.501. The lowest BCUT2D eigenvalue weighted by Crippen LogP contribution is -2.43. The minimum Gasteiger partial charge on any atom is -0.384 e. The quantitative estimate of drug-likeness (QED) is 0.750. The van der Waals surface area contributed by atoms with E-state index in [1.165, 1.54) is 0 Å². The van der Waals surface area contributed by atoms with Crippen molar-refractivity contribution in [2.75, 3.05) is 30.4 Å². The Labute approximate surface area is 133 Å². The molecule has 4 rings (SSSR count). The Morgan fingerprint density at radius 3 is 3.13 bits per heavy atom. The number of pyridine rings is 2. The SMILES string of the molecule is CC1COCCN1c1cc(N)nc(-c2ccnc3nc[nH]c23)c1. The van der Waals surface area contributed by atoms with E-state index in [2.05, 4.69) is 37.8 Å². The molecule has 1 aliphatic heterocycles. The normalized spacial score (nSPS) is 18.5. The molecule has 0 saturated carbocycles. The number of hydrogen-bond acceptors (Lipinski definition) is 6. The summed E-state index contributed by atoms with van der Waals surface area (Å²) in [5, 5.41) is 0. The van der Waals surface area contributed by atoms with Gasteiger partial charge in [-0.3, -0.25) is 0 Å². The highest BCUT2D eigenvalue weighted by molar-refractivity contribution is 5.89. The third-order valence-electron chi connectivity index (χ3n) is 4.13. The zero-order chi connectivity index (χ0) is 15.8. The molecule has 7 nitrogen and oxygen atoms in total. The summed E-state index contributed by atoms with van der Waals surface area (Å²) >= 11 is 0. The van der Waals surface area contributed by atoms with Crippen LogP contribution in [-0.4, -0.2) is 45.7 Å². The molecule has 0 radical (unpaired) electrons. The summed E-state index contributed by atoms with van der Waals surface area (Å²) in [5.41, 5.74) is 10.4. The topological polar surface area (TPSA) is 93.0 Å². The molecule has 3 aromatic rings. The van der Waals surface area contributed by atoms with E-state index in [1.807, 2.05) is 12.1 Å². The molecule has 1 unspecified atom stereocenters. The van der Waals surface area contributed by atoms with Gasteiger partial charge in [-0.15, -0.1) is 0 Å². The van der Waals surface area contributed by atoms with Gasteiger partial charge in [0.25, 0.3) is 0 Å². The Bertz CT molecular complexity index is 845. The number of nitrogens with zero attached hydrogens (tertiary/aromatic N) is 4. The number of morpholine rings is 1. The molecular formula is C16H18N6O. The van der Waals surface area contributed by atoms with E-state index in [4.69, 9.17) is 10.5 Å². The maximum absolute atomic E-state index is 6.06. The molecule has 1 aliphatic rings.